The molecule has 1 N–H and O–H groups in total. The molecule has 5 heteroatoms. The molecule has 3 aromatic rings. The number of fused-ring (bicyclic) bond motifs is 3. The summed E-state index contributed by atoms with van der Waals surface area (Å²) in [6, 6.07) is 12.3. The number of nitrogens with zero attached hydrogens (tertiary/aromatic N) is 1. The molecule has 1 atom stereocenters. The number of hydrogen-bond acceptors (Lipinski definition) is 2. The predicted octanol–water partition coefficient (Wildman–Crippen LogP) is 3.76. The number of hydrogen-bond donors (Lipinski definition) is 1. The normalized spacial score (nSPS) is 16.6. The number of aliphatic hydroxyl groups is 1. The Hall–Kier alpha value is -2.24. The molecule has 1 aliphatic heterocycles. The Balaban J connectivity index is 1.77. The minimum atomic E-state index is -0.479. The van der Waals surface area contributed by atoms with Crippen molar-refractivity contribution in [2.75, 3.05) is 12.4 Å². The molecule has 0 aliphatic carbocycles. The third kappa shape index (κ3) is 3.02. The van der Waals surface area contributed by atoms with E-state index in [1.165, 1.54) is 17.3 Å². The van der Waals surface area contributed by atoms with Crippen LogP contribution in [0.15, 0.2) is 42.5 Å². The molecule has 2 aromatic carbocycles. The zero-order valence-corrected chi connectivity index (χ0v) is 15.2. The SMILES string of the molecule is C=S1CCc2c(c3cc(F)ccc3n2Cc2ccc(C(=O)CO)cc2)C1. The number of benzene rings is 2. The highest BCUT2D eigenvalue weighted by atomic mass is 32.2. The van der Waals surface area contributed by atoms with Gasteiger partial charge < -0.3 is 9.67 Å². The summed E-state index contributed by atoms with van der Waals surface area (Å²) >= 11 is 0. The number of ketones is 1. The van der Waals surface area contributed by atoms with E-state index < -0.39 is 6.61 Å². The van der Waals surface area contributed by atoms with Gasteiger partial charge in [0.1, 0.15) is 12.4 Å². The second kappa shape index (κ2) is 6.82. The quantitative estimate of drug-likeness (QED) is 0.562. The van der Waals surface area contributed by atoms with E-state index in [0.717, 1.165) is 34.4 Å². The molecule has 0 saturated heterocycles. The Kier molecular flexibility index (Phi) is 4.51. The monoisotopic (exact) mass is 369 g/mol. The van der Waals surface area contributed by atoms with Gasteiger partial charge in [0.05, 0.1) is 0 Å². The Morgan fingerprint density at radius 2 is 2.00 bits per heavy atom. The zero-order chi connectivity index (χ0) is 18.3. The van der Waals surface area contributed by atoms with Crippen molar-refractivity contribution < 1.29 is 14.3 Å². The molecule has 1 unspecified atom stereocenters. The molecule has 1 aromatic heterocycles. The third-order valence-electron chi connectivity index (χ3n) is 4.98. The van der Waals surface area contributed by atoms with E-state index in [4.69, 9.17) is 5.11 Å². The topological polar surface area (TPSA) is 42.2 Å². The van der Waals surface area contributed by atoms with Crippen molar-refractivity contribution in [1.82, 2.24) is 4.57 Å². The van der Waals surface area contributed by atoms with Crippen LogP contribution in [0.3, 0.4) is 0 Å². The van der Waals surface area contributed by atoms with Crippen molar-refractivity contribution >= 4 is 33.0 Å². The fourth-order valence-electron chi connectivity index (χ4n) is 3.66. The van der Waals surface area contributed by atoms with Gasteiger partial charge in [0.25, 0.3) is 0 Å². The molecule has 134 valence electrons. The van der Waals surface area contributed by atoms with Crippen molar-refractivity contribution in [3.8, 4) is 0 Å². The van der Waals surface area contributed by atoms with Gasteiger partial charge in [-0.2, -0.15) is 10.5 Å². The average Bonchev–Trinajstić information content (AvgIpc) is 2.94. The van der Waals surface area contributed by atoms with Gasteiger partial charge in [-0.1, -0.05) is 30.1 Å². The van der Waals surface area contributed by atoms with Crippen LogP contribution in [0.2, 0.25) is 0 Å². The van der Waals surface area contributed by atoms with Crippen LogP contribution in [0.25, 0.3) is 10.9 Å². The van der Waals surface area contributed by atoms with E-state index >= 15 is 0 Å². The van der Waals surface area contributed by atoms with Crippen LogP contribution >= 0.6 is 10.5 Å². The Morgan fingerprint density at radius 1 is 1.23 bits per heavy atom. The van der Waals surface area contributed by atoms with Crippen LogP contribution < -0.4 is 0 Å². The zero-order valence-electron chi connectivity index (χ0n) is 14.4. The first-order valence-corrected chi connectivity index (χ1v) is 10.3. The number of carbonyl (C=O) groups is 1. The molecule has 1 aliphatic rings. The average molecular weight is 369 g/mol. The predicted molar refractivity (Wildman–Crippen MR) is 106 cm³/mol. The van der Waals surface area contributed by atoms with Crippen LogP contribution in [0.4, 0.5) is 4.39 Å². The highest BCUT2D eigenvalue weighted by Crippen LogP contribution is 2.37. The molecular weight excluding hydrogens is 349 g/mol. The lowest BCUT2D eigenvalue weighted by molar-refractivity contribution is 0.0903. The molecule has 0 bridgehead atoms. The van der Waals surface area contributed by atoms with Crippen molar-refractivity contribution in [1.29, 1.82) is 0 Å². The van der Waals surface area contributed by atoms with Crippen molar-refractivity contribution in [3.63, 3.8) is 0 Å². The summed E-state index contributed by atoms with van der Waals surface area (Å²) in [4.78, 5) is 11.6. The van der Waals surface area contributed by atoms with E-state index in [1.807, 2.05) is 18.2 Å². The van der Waals surface area contributed by atoms with Gasteiger partial charge in [-0.3, -0.25) is 4.79 Å². The van der Waals surface area contributed by atoms with Gasteiger partial charge in [0.15, 0.2) is 5.78 Å². The van der Waals surface area contributed by atoms with E-state index in [1.54, 1.807) is 18.2 Å². The summed E-state index contributed by atoms with van der Waals surface area (Å²) in [5.74, 6) is 5.71. The molecule has 0 radical (unpaired) electrons. The summed E-state index contributed by atoms with van der Waals surface area (Å²) in [6.07, 6.45) is 0.958. The number of aliphatic hydroxyl groups excluding tert-OH is 1. The third-order valence-corrected chi connectivity index (χ3v) is 6.46. The molecule has 4 rings (SSSR count). The maximum Gasteiger partial charge on any atom is 0.188 e. The smallest absolute Gasteiger partial charge is 0.188 e. The van der Waals surface area contributed by atoms with Crippen LogP contribution in [0.5, 0.6) is 0 Å². The molecule has 0 saturated carbocycles. The number of aromatic nitrogens is 1. The van der Waals surface area contributed by atoms with E-state index in [9.17, 15) is 9.18 Å². The van der Waals surface area contributed by atoms with Gasteiger partial charge in [0.2, 0.25) is 0 Å². The van der Waals surface area contributed by atoms with Gasteiger partial charge in [-0.05, 0) is 41.5 Å². The van der Waals surface area contributed by atoms with Crippen molar-refractivity contribution in [2.24, 2.45) is 0 Å². The maximum absolute atomic E-state index is 13.8. The first-order valence-electron chi connectivity index (χ1n) is 8.56. The van der Waals surface area contributed by atoms with Crippen LogP contribution in [-0.2, 0) is 18.7 Å². The maximum atomic E-state index is 13.8. The first-order chi connectivity index (χ1) is 12.6. The summed E-state index contributed by atoms with van der Waals surface area (Å²) in [6.45, 7) is 0.198. The summed E-state index contributed by atoms with van der Waals surface area (Å²) in [7, 11) is 0.0962. The highest BCUT2D eigenvalue weighted by Gasteiger charge is 2.21. The van der Waals surface area contributed by atoms with Gasteiger partial charge >= 0.3 is 0 Å². The van der Waals surface area contributed by atoms with Gasteiger partial charge in [0, 0.05) is 34.5 Å². The molecule has 0 fully saturated rings. The lowest BCUT2D eigenvalue weighted by Gasteiger charge is -2.19. The van der Waals surface area contributed by atoms with Gasteiger partial charge in [-0.25, -0.2) is 4.39 Å². The Labute approximate surface area is 154 Å². The largest absolute Gasteiger partial charge is 0.388 e. The number of rotatable bonds is 4. The summed E-state index contributed by atoms with van der Waals surface area (Å²) in [5, 5.41) is 9.96. The van der Waals surface area contributed by atoms with Crippen molar-refractivity contribution in [3.05, 3.63) is 70.7 Å². The second-order valence-corrected chi connectivity index (χ2v) is 8.58. The lowest BCUT2D eigenvalue weighted by Crippen LogP contribution is -2.11. The van der Waals surface area contributed by atoms with Crippen LogP contribution in [-0.4, -0.2) is 33.7 Å². The number of halogens is 1. The second-order valence-electron chi connectivity index (χ2n) is 6.66. The highest BCUT2D eigenvalue weighted by molar-refractivity contribution is 8.13. The lowest BCUT2D eigenvalue weighted by atomic mass is 10.1. The first kappa shape index (κ1) is 17.2. The fraction of sp³-hybridized carbons (Fsp3) is 0.238. The van der Waals surface area contributed by atoms with Crippen LogP contribution in [0.1, 0.15) is 27.2 Å². The molecule has 0 spiro atoms. The molecular formula is C21H20FNO2S. The molecule has 26 heavy (non-hydrogen) atoms. The molecule has 2 heterocycles. The number of Topliss-reactive ketones (excluding diaryl/α,β-unsaturated/α-hetero) is 1. The molecule has 3 nitrogen and oxygen atoms in total. The summed E-state index contributed by atoms with van der Waals surface area (Å²) in [5.41, 5.74) is 5.14. The Morgan fingerprint density at radius 3 is 2.73 bits per heavy atom. The Bertz CT molecular complexity index is 1020. The fourth-order valence-corrected chi connectivity index (χ4v) is 5.02. The summed E-state index contributed by atoms with van der Waals surface area (Å²) < 4.78 is 16.1. The van der Waals surface area contributed by atoms with Crippen LogP contribution in [0, 0.1) is 5.82 Å². The van der Waals surface area contributed by atoms with E-state index in [2.05, 4.69) is 10.4 Å². The molecule has 0 amide bonds. The van der Waals surface area contributed by atoms with Gasteiger partial charge in [-0.15, -0.1) is 0 Å². The van der Waals surface area contributed by atoms with Crippen molar-refractivity contribution in [2.45, 2.75) is 18.7 Å². The standard InChI is InChI=1S/C21H20FNO2S/c1-26-9-8-20-18(13-26)17-10-16(22)6-7-19(17)23(20)11-14-2-4-15(5-3-14)21(25)12-24/h2-7,10,24H,1,8-9,11-13H2. The minimum Gasteiger partial charge on any atom is -0.388 e. The van der Waals surface area contributed by atoms with E-state index in [-0.39, 0.29) is 22.1 Å². The number of carbonyl (C=O) groups excluding carboxylic acids is 1. The van der Waals surface area contributed by atoms with E-state index in [0.29, 0.717) is 12.1 Å². The minimum absolute atomic E-state index is 0.0962.